The van der Waals surface area contributed by atoms with Crippen LogP contribution in [0.1, 0.15) is 52.4 Å². The first-order chi connectivity index (χ1) is 27.4. The average Bonchev–Trinajstić information content (AvgIpc) is 3.13. The van der Waals surface area contributed by atoms with Crippen molar-refractivity contribution in [2.24, 2.45) is 29.6 Å². The molecule has 2 unspecified atom stereocenters. The van der Waals surface area contributed by atoms with Crippen molar-refractivity contribution in [1.82, 2.24) is 0 Å². The molecule has 4 saturated carbocycles. The number of benzene rings is 3. The fourth-order valence-electron chi connectivity index (χ4n) is 8.38. The molecule has 4 aliphatic rings. The fourth-order valence-corrected chi connectivity index (χ4v) is 10.9. The largest absolute Gasteiger partial charge is 0.743 e. The number of hydrogen-bond donors (Lipinski definition) is 0. The van der Waals surface area contributed by atoms with Gasteiger partial charge in [0.25, 0.3) is 5.60 Å². The minimum Gasteiger partial charge on any atom is -0.743 e. The molecule has 0 radical (unpaired) electrons. The number of hydrogen-bond acceptors (Lipinski definition) is 7. The molecule has 326 valence electrons. The Morgan fingerprint density at radius 1 is 0.678 bits per heavy atom. The topological polar surface area (TPSA) is 94.1 Å². The van der Waals surface area contributed by atoms with Crippen molar-refractivity contribution in [3.63, 3.8) is 0 Å². The van der Waals surface area contributed by atoms with E-state index in [1.807, 2.05) is 0 Å². The van der Waals surface area contributed by atoms with Gasteiger partial charge in [-0.2, -0.15) is 43.9 Å². The van der Waals surface area contributed by atoms with Gasteiger partial charge in [-0.25, -0.2) is 8.42 Å². The summed E-state index contributed by atoms with van der Waals surface area (Å²) in [5.74, 6) is -5.36. The fraction of sp³-hybridized carbons (Fsp3) is 0.550. The van der Waals surface area contributed by atoms with E-state index < -0.39 is 88.1 Å². The molecular formula is C40H42F10O7S2. The maximum absolute atomic E-state index is 14.8. The smallest absolute Gasteiger partial charge is 0.430 e. The highest BCUT2D eigenvalue weighted by atomic mass is 32.2. The lowest BCUT2D eigenvalue weighted by atomic mass is 9.55. The number of rotatable bonds is 17. The van der Waals surface area contributed by atoms with Crippen LogP contribution in [0.3, 0.4) is 0 Å². The second-order valence-electron chi connectivity index (χ2n) is 15.7. The maximum Gasteiger partial charge on any atom is 0.430 e. The van der Waals surface area contributed by atoms with Crippen LogP contribution >= 0.6 is 0 Å². The lowest BCUT2D eigenvalue weighted by Gasteiger charge is -2.55. The van der Waals surface area contributed by atoms with Gasteiger partial charge >= 0.3 is 23.5 Å². The Balaban J connectivity index is 1.18. The van der Waals surface area contributed by atoms with Crippen molar-refractivity contribution in [3.8, 4) is 11.5 Å². The Kier molecular flexibility index (Phi) is 13.0. The van der Waals surface area contributed by atoms with Crippen LogP contribution in [0.4, 0.5) is 43.9 Å². The van der Waals surface area contributed by atoms with Crippen LogP contribution in [0.15, 0.2) is 93.5 Å². The summed E-state index contributed by atoms with van der Waals surface area (Å²) in [6, 6.07) is 19.7. The van der Waals surface area contributed by atoms with E-state index in [1.165, 1.54) is 62.4 Å². The van der Waals surface area contributed by atoms with Gasteiger partial charge < -0.3 is 23.5 Å². The third-order valence-corrected chi connectivity index (χ3v) is 14.3. The zero-order chi connectivity index (χ0) is 43.2. The number of ether oxygens (including phenoxy) is 4. The Morgan fingerprint density at radius 2 is 1.14 bits per heavy atom. The molecule has 4 aliphatic carbocycles. The van der Waals surface area contributed by atoms with E-state index in [9.17, 15) is 56.9 Å². The van der Waals surface area contributed by atoms with E-state index in [4.69, 9.17) is 18.9 Å². The first-order valence-electron chi connectivity index (χ1n) is 18.9. The Hall–Kier alpha value is -3.26. The molecule has 0 heterocycles. The minimum absolute atomic E-state index is 0.0498. The molecule has 0 aliphatic heterocycles. The van der Waals surface area contributed by atoms with Gasteiger partial charge in [0.1, 0.15) is 18.1 Å². The first kappa shape index (κ1) is 45.3. The zero-order valence-corrected chi connectivity index (χ0v) is 33.3. The summed E-state index contributed by atoms with van der Waals surface area (Å²) >= 11 is 0. The number of alkyl halides is 10. The van der Waals surface area contributed by atoms with E-state index in [2.05, 4.69) is 0 Å². The Morgan fingerprint density at radius 3 is 1.58 bits per heavy atom. The molecule has 7 nitrogen and oxygen atoms in total. The second-order valence-corrected chi connectivity index (χ2v) is 19.2. The van der Waals surface area contributed by atoms with Gasteiger partial charge in [0.05, 0.1) is 30.0 Å². The molecule has 4 bridgehead atoms. The van der Waals surface area contributed by atoms with E-state index in [1.54, 1.807) is 30.3 Å². The zero-order valence-electron chi connectivity index (χ0n) is 31.7. The molecule has 7 rings (SSSR count). The van der Waals surface area contributed by atoms with Crippen LogP contribution in [-0.2, 0) is 30.5 Å². The second kappa shape index (κ2) is 16.9. The lowest BCUT2D eigenvalue weighted by molar-refractivity contribution is -0.423. The van der Waals surface area contributed by atoms with Crippen molar-refractivity contribution >= 4 is 21.0 Å². The third-order valence-electron chi connectivity index (χ3n) is 11.2. The molecule has 0 aromatic heterocycles. The Labute approximate surface area is 337 Å². The van der Waals surface area contributed by atoms with Gasteiger partial charge in [0.15, 0.2) is 31.1 Å². The minimum atomic E-state index is -6.66. The Bertz CT molecular complexity index is 1930. The lowest BCUT2D eigenvalue weighted by Crippen LogP contribution is -2.64. The summed E-state index contributed by atoms with van der Waals surface area (Å²) in [6.07, 6.45) is -11.6. The van der Waals surface area contributed by atoms with Gasteiger partial charge in [-0.3, -0.25) is 0 Å². The van der Waals surface area contributed by atoms with Gasteiger partial charge in [-0.05, 0) is 116 Å². The summed E-state index contributed by atoms with van der Waals surface area (Å²) in [6.45, 7) is -0.133. The molecule has 2 atom stereocenters. The first-order valence-corrected chi connectivity index (χ1v) is 21.5. The standard InChI is InChI=1S/C40H42F10O7S2/c1-24(2)35(56-34-27-19-25-18-26(21-27)22-28(34)20-25)57-36(38(43,44)45,39(46,47)48)23-55-30-10-14-33(15-11-30)58(31-6-4-3-5-7-31)32-12-8-29(9-13-32)54-17-16-37(41,42)40(49,50)59(51,52)53/h3-15,24-28,34-35H,16-23H2,1-2H3. The molecule has 59 heavy (non-hydrogen) atoms. The number of halogens is 10. The van der Waals surface area contributed by atoms with Crippen molar-refractivity contribution in [3.05, 3.63) is 78.9 Å². The van der Waals surface area contributed by atoms with Crippen LogP contribution in [0.2, 0.25) is 0 Å². The summed E-state index contributed by atoms with van der Waals surface area (Å²) in [5.41, 5.74) is -4.73. The van der Waals surface area contributed by atoms with Crippen molar-refractivity contribution in [2.45, 2.75) is 109 Å². The summed E-state index contributed by atoms with van der Waals surface area (Å²) < 4.78 is 197. The molecule has 3 aromatic carbocycles. The molecule has 19 heteroatoms. The van der Waals surface area contributed by atoms with Crippen LogP contribution in [0.5, 0.6) is 11.5 Å². The monoisotopic (exact) mass is 888 g/mol. The predicted molar refractivity (Wildman–Crippen MR) is 193 cm³/mol. The summed E-state index contributed by atoms with van der Waals surface area (Å²) in [5, 5.41) is -5.86. The van der Waals surface area contributed by atoms with Crippen LogP contribution in [-0.4, -0.2) is 67.7 Å². The molecule has 0 amide bonds. The summed E-state index contributed by atoms with van der Waals surface area (Å²) in [7, 11) is -7.63. The third kappa shape index (κ3) is 9.48. The highest BCUT2D eigenvalue weighted by Crippen LogP contribution is 2.56. The predicted octanol–water partition coefficient (Wildman–Crippen LogP) is 10.4. The molecular weight excluding hydrogens is 847 g/mol. The van der Waals surface area contributed by atoms with Gasteiger partial charge in [0, 0.05) is 5.92 Å². The summed E-state index contributed by atoms with van der Waals surface area (Å²) in [4.78, 5) is 1.83. The SMILES string of the molecule is CC(C)C(OC1C2CC3CC(C2)CC1C3)OC(COc1ccc([S+](c2ccccc2)c2ccc(OCCC(F)(F)C(F)(F)S(=O)(=O)[O-])cc2)cc1)(C(F)(F)F)C(F)(F)F. The highest BCUT2D eigenvalue weighted by molar-refractivity contribution is 7.97. The van der Waals surface area contributed by atoms with E-state index in [-0.39, 0.29) is 23.3 Å². The average molecular weight is 889 g/mol. The molecule has 3 aromatic rings. The van der Waals surface area contributed by atoms with E-state index >= 15 is 0 Å². The molecule has 0 N–H and O–H groups in total. The van der Waals surface area contributed by atoms with Crippen LogP contribution in [0.25, 0.3) is 0 Å². The van der Waals surface area contributed by atoms with Crippen molar-refractivity contribution in [1.29, 1.82) is 0 Å². The van der Waals surface area contributed by atoms with Crippen molar-refractivity contribution < 1.29 is 75.8 Å². The molecule has 4 fully saturated rings. The highest BCUT2D eigenvalue weighted by Gasteiger charge is 2.74. The van der Waals surface area contributed by atoms with Gasteiger partial charge in [-0.15, -0.1) is 0 Å². The quantitative estimate of drug-likeness (QED) is 0.0577. The van der Waals surface area contributed by atoms with E-state index in [0.29, 0.717) is 21.6 Å². The molecule has 0 spiro atoms. The molecule has 0 saturated heterocycles. The normalized spacial score (nSPS) is 23.7. The van der Waals surface area contributed by atoms with Gasteiger partial charge in [-0.1, -0.05) is 32.0 Å². The van der Waals surface area contributed by atoms with Crippen LogP contribution < -0.4 is 9.47 Å². The maximum atomic E-state index is 14.8. The van der Waals surface area contributed by atoms with Crippen LogP contribution in [0, 0.1) is 29.6 Å². The van der Waals surface area contributed by atoms with E-state index in [0.717, 1.165) is 37.0 Å². The van der Waals surface area contributed by atoms with Crippen molar-refractivity contribution in [2.75, 3.05) is 13.2 Å². The van der Waals surface area contributed by atoms with Gasteiger partial charge in [0.2, 0.25) is 0 Å².